The Morgan fingerprint density at radius 2 is 1.96 bits per heavy atom. The number of hydrogen-bond donors (Lipinski definition) is 3. The number of nitrogens with one attached hydrogen (secondary N) is 2. The Bertz CT molecular complexity index is 851. The first-order valence-electron chi connectivity index (χ1n) is 8.68. The number of thioether (sulfide) groups is 1. The van der Waals surface area contributed by atoms with Crippen LogP contribution in [0, 0.1) is 0 Å². The van der Waals surface area contributed by atoms with E-state index in [9.17, 15) is 14.7 Å². The fourth-order valence-electron chi connectivity index (χ4n) is 3.81. The number of carbonyl (C=O) groups is 1. The van der Waals surface area contributed by atoms with Crippen molar-refractivity contribution in [2.75, 3.05) is 11.1 Å². The van der Waals surface area contributed by atoms with E-state index in [4.69, 9.17) is 0 Å². The first kappa shape index (κ1) is 16.3. The van der Waals surface area contributed by atoms with Gasteiger partial charge in [-0.3, -0.25) is 19.4 Å². The fourth-order valence-corrected chi connectivity index (χ4v) is 4.92. The average molecular weight is 359 g/mol. The van der Waals surface area contributed by atoms with Crippen molar-refractivity contribution in [1.29, 1.82) is 0 Å². The van der Waals surface area contributed by atoms with E-state index in [1.165, 1.54) is 18.2 Å². The summed E-state index contributed by atoms with van der Waals surface area (Å²) in [5.74, 6) is 0.933. The van der Waals surface area contributed by atoms with Gasteiger partial charge in [-0.15, -0.1) is 11.8 Å². The molecule has 0 bridgehead atoms. The minimum Gasteiger partial charge on any atom is -0.508 e. The Balaban J connectivity index is 1.82. The molecule has 1 fully saturated rings. The van der Waals surface area contributed by atoms with E-state index in [1.807, 2.05) is 10.7 Å². The Kier molecular flexibility index (Phi) is 4.33. The Hall–Kier alpha value is -2.15. The van der Waals surface area contributed by atoms with Crippen molar-refractivity contribution in [3.63, 3.8) is 0 Å². The van der Waals surface area contributed by atoms with Crippen LogP contribution in [0.2, 0.25) is 0 Å². The molecule has 7 heteroatoms. The van der Waals surface area contributed by atoms with Crippen molar-refractivity contribution >= 4 is 23.5 Å². The third kappa shape index (κ3) is 3.08. The van der Waals surface area contributed by atoms with Crippen LogP contribution in [-0.4, -0.2) is 26.5 Å². The maximum Gasteiger partial charge on any atom is 0.270 e. The van der Waals surface area contributed by atoms with E-state index < -0.39 is 0 Å². The summed E-state index contributed by atoms with van der Waals surface area (Å²) in [5, 5.41) is 15.4. The number of phenolic OH excluding ortho intramolecular Hbond substituents is 1. The zero-order chi connectivity index (χ0) is 17.4. The first-order valence-corrected chi connectivity index (χ1v) is 9.73. The van der Waals surface area contributed by atoms with Crippen LogP contribution < -0.4 is 10.9 Å². The Morgan fingerprint density at radius 1 is 1.16 bits per heavy atom. The molecule has 2 aliphatic rings. The number of hydrogen-bond acceptors (Lipinski definition) is 4. The van der Waals surface area contributed by atoms with Gasteiger partial charge in [0.05, 0.1) is 22.6 Å². The van der Waals surface area contributed by atoms with Crippen molar-refractivity contribution in [3.8, 4) is 5.75 Å². The monoisotopic (exact) mass is 359 g/mol. The number of aromatic hydroxyl groups is 1. The minimum absolute atomic E-state index is 0.0996. The molecule has 1 amide bonds. The molecule has 0 radical (unpaired) electrons. The van der Waals surface area contributed by atoms with Crippen LogP contribution in [0.15, 0.2) is 29.1 Å². The number of fused-ring (bicyclic) bond motifs is 1. The molecule has 0 saturated heterocycles. The van der Waals surface area contributed by atoms with Crippen molar-refractivity contribution in [2.24, 2.45) is 0 Å². The van der Waals surface area contributed by atoms with Gasteiger partial charge in [-0.25, -0.2) is 0 Å². The summed E-state index contributed by atoms with van der Waals surface area (Å²) in [5.41, 5.74) is 1.24. The lowest BCUT2D eigenvalue weighted by molar-refractivity contribution is -0.113. The van der Waals surface area contributed by atoms with E-state index in [-0.39, 0.29) is 34.3 Å². The van der Waals surface area contributed by atoms with Gasteiger partial charge < -0.3 is 10.4 Å². The Labute approximate surface area is 149 Å². The number of aromatic nitrogens is 2. The van der Waals surface area contributed by atoms with Crippen LogP contribution in [-0.2, 0) is 4.79 Å². The van der Waals surface area contributed by atoms with E-state index in [0.717, 1.165) is 31.2 Å². The molecule has 1 saturated carbocycles. The van der Waals surface area contributed by atoms with E-state index in [1.54, 1.807) is 18.2 Å². The van der Waals surface area contributed by atoms with Gasteiger partial charge in [-0.2, -0.15) is 0 Å². The molecule has 132 valence electrons. The number of H-pyrrole nitrogens is 1. The van der Waals surface area contributed by atoms with Crippen LogP contribution in [0.4, 0.5) is 5.82 Å². The van der Waals surface area contributed by atoms with Gasteiger partial charge in [-0.05, 0) is 30.5 Å². The molecular formula is C18H21N3O3S. The van der Waals surface area contributed by atoms with E-state index in [2.05, 4.69) is 10.4 Å². The zero-order valence-corrected chi connectivity index (χ0v) is 14.6. The highest BCUT2D eigenvalue weighted by molar-refractivity contribution is 8.00. The lowest BCUT2D eigenvalue weighted by Crippen LogP contribution is -2.21. The Morgan fingerprint density at radius 3 is 2.72 bits per heavy atom. The van der Waals surface area contributed by atoms with Gasteiger partial charge in [0.2, 0.25) is 5.91 Å². The number of aromatic amines is 1. The molecular weight excluding hydrogens is 338 g/mol. The summed E-state index contributed by atoms with van der Waals surface area (Å²) in [6.07, 6.45) is 5.52. The smallest absolute Gasteiger partial charge is 0.270 e. The van der Waals surface area contributed by atoms with Crippen LogP contribution in [0.3, 0.4) is 0 Å². The molecule has 6 nitrogen and oxygen atoms in total. The van der Waals surface area contributed by atoms with Gasteiger partial charge in [0.1, 0.15) is 11.6 Å². The number of nitrogens with zero attached hydrogens (tertiary/aromatic N) is 1. The molecule has 1 aromatic carbocycles. The SMILES string of the molecule is O=C1CS[C@@H](c2cccc(O)c2)c2c(n(C3CCCCC3)[nH]c2=O)N1. The largest absolute Gasteiger partial charge is 0.508 e. The lowest BCUT2D eigenvalue weighted by atomic mass is 9.95. The summed E-state index contributed by atoms with van der Waals surface area (Å²) < 4.78 is 1.87. The molecule has 1 aromatic heterocycles. The molecule has 2 heterocycles. The second-order valence-electron chi connectivity index (χ2n) is 6.70. The average Bonchev–Trinajstić information content (AvgIpc) is 2.82. The molecule has 1 aliphatic heterocycles. The number of carbonyl (C=O) groups excluding carboxylic acids is 1. The minimum atomic E-state index is -0.283. The molecule has 1 atom stereocenters. The van der Waals surface area contributed by atoms with Gasteiger partial charge in [0, 0.05) is 0 Å². The third-order valence-corrected chi connectivity index (χ3v) is 6.25. The van der Waals surface area contributed by atoms with Crippen molar-refractivity contribution in [1.82, 2.24) is 9.78 Å². The van der Waals surface area contributed by atoms with Crippen LogP contribution in [0.1, 0.15) is 54.5 Å². The van der Waals surface area contributed by atoms with Crippen LogP contribution in [0.5, 0.6) is 5.75 Å². The van der Waals surface area contributed by atoms with Crippen molar-refractivity contribution in [2.45, 2.75) is 43.4 Å². The number of phenols is 1. The highest BCUT2D eigenvalue weighted by Crippen LogP contribution is 2.42. The predicted molar refractivity (Wildman–Crippen MR) is 98.2 cm³/mol. The predicted octanol–water partition coefficient (Wildman–Crippen LogP) is 3.16. The van der Waals surface area contributed by atoms with Gasteiger partial charge in [0.15, 0.2) is 0 Å². The summed E-state index contributed by atoms with van der Waals surface area (Å²) in [6.45, 7) is 0. The quantitative estimate of drug-likeness (QED) is 0.769. The molecule has 1 aliphatic carbocycles. The van der Waals surface area contributed by atoms with Gasteiger partial charge in [-0.1, -0.05) is 31.4 Å². The summed E-state index contributed by atoms with van der Waals surface area (Å²) >= 11 is 1.41. The number of rotatable bonds is 2. The molecule has 2 aromatic rings. The molecule has 4 rings (SSSR count). The fraction of sp³-hybridized carbons (Fsp3) is 0.444. The molecule has 3 N–H and O–H groups in total. The molecule has 25 heavy (non-hydrogen) atoms. The van der Waals surface area contributed by atoms with Crippen molar-refractivity contribution in [3.05, 3.63) is 45.7 Å². The molecule has 0 unspecified atom stereocenters. The highest BCUT2D eigenvalue weighted by Gasteiger charge is 2.32. The van der Waals surface area contributed by atoms with Crippen LogP contribution >= 0.6 is 11.8 Å². The third-order valence-electron chi connectivity index (χ3n) is 4.98. The number of anilines is 1. The first-order chi connectivity index (χ1) is 12.1. The van der Waals surface area contributed by atoms with Gasteiger partial charge in [0.25, 0.3) is 5.56 Å². The van der Waals surface area contributed by atoms with Crippen LogP contribution in [0.25, 0.3) is 0 Å². The topological polar surface area (TPSA) is 87.1 Å². The van der Waals surface area contributed by atoms with E-state index in [0.29, 0.717) is 11.4 Å². The second kappa shape index (κ2) is 6.63. The van der Waals surface area contributed by atoms with Gasteiger partial charge >= 0.3 is 0 Å². The summed E-state index contributed by atoms with van der Waals surface area (Å²) in [6, 6.07) is 7.13. The maximum atomic E-state index is 12.8. The summed E-state index contributed by atoms with van der Waals surface area (Å²) in [7, 11) is 0. The highest BCUT2D eigenvalue weighted by atomic mass is 32.2. The van der Waals surface area contributed by atoms with Crippen molar-refractivity contribution < 1.29 is 9.90 Å². The lowest BCUT2D eigenvalue weighted by Gasteiger charge is -2.24. The second-order valence-corrected chi connectivity index (χ2v) is 7.79. The summed E-state index contributed by atoms with van der Waals surface area (Å²) in [4.78, 5) is 25.0. The number of benzene rings is 1. The maximum absolute atomic E-state index is 12.8. The number of amides is 1. The molecule has 0 spiro atoms. The zero-order valence-electron chi connectivity index (χ0n) is 13.8. The van der Waals surface area contributed by atoms with E-state index >= 15 is 0 Å². The normalized spacial score (nSPS) is 21.4. The standard InChI is InChI=1S/C18H21N3O3S/c22-13-8-4-5-11(9-13)16-15-17(19-14(23)10-25-16)21(20-18(15)24)12-6-2-1-3-7-12/h4-5,8-9,12,16,22H,1-3,6-7,10H2,(H,19,23)(H,20,24)/t16-/m0/s1.